The van der Waals surface area contributed by atoms with Crippen LogP contribution < -0.4 is 24.0 Å². The van der Waals surface area contributed by atoms with Crippen LogP contribution in [0.4, 0.5) is 17.1 Å². The van der Waals surface area contributed by atoms with Crippen molar-refractivity contribution in [3.63, 3.8) is 0 Å². The first-order valence-corrected chi connectivity index (χ1v) is 13.1. The van der Waals surface area contributed by atoms with Gasteiger partial charge < -0.3 is 24.0 Å². The van der Waals surface area contributed by atoms with Gasteiger partial charge in [-0.15, -0.1) is 0 Å². The van der Waals surface area contributed by atoms with Crippen molar-refractivity contribution in [3.8, 4) is 17.2 Å². The zero-order valence-corrected chi connectivity index (χ0v) is 23.1. The molecule has 0 saturated heterocycles. The quantitative estimate of drug-likeness (QED) is 0.149. The highest BCUT2D eigenvalue weighted by molar-refractivity contribution is 8.00. The van der Waals surface area contributed by atoms with E-state index in [9.17, 15) is 9.59 Å². The third kappa shape index (κ3) is 7.43. The standard InChI is InChI=1S/C29H35N3O4S/c1-7-14-35-22-11-9-12-23(16-22)36-28-18-26(31(4)5)27(32(6)19-33)17-25(28)30-37-24-13-8-10-21(15-24)29(34)20(2)3/h8-13,15-20,30H,7,14H2,1-6H3. The molecule has 0 saturated carbocycles. The van der Waals surface area contributed by atoms with Gasteiger partial charge in [-0.1, -0.05) is 39.0 Å². The molecule has 1 amide bonds. The number of carbonyl (C=O) groups is 2. The predicted octanol–water partition coefficient (Wildman–Crippen LogP) is 6.88. The van der Waals surface area contributed by atoms with Gasteiger partial charge in [0.15, 0.2) is 11.5 Å². The third-order valence-corrected chi connectivity index (χ3v) is 6.34. The number of hydrogen-bond donors (Lipinski definition) is 1. The van der Waals surface area contributed by atoms with E-state index in [0.717, 1.165) is 34.9 Å². The van der Waals surface area contributed by atoms with Crippen LogP contribution in [0.15, 0.2) is 65.6 Å². The van der Waals surface area contributed by atoms with Crippen molar-refractivity contribution < 1.29 is 19.1 Å². The molecule has 0 radical (unpaired) electrons. The van der Waals surface area contributed by atoms with Crippen LogP contribution in [0.25, 0.3) is 0 Å². The molecule has 0 aliphatic heterocycles. The highest BCUT2D eigenvalue weighted by Gasteiger charge is 2.17. The second-order valence-corrected chi connectivity index (χ2v) is 10.0. The maximum absolute atomic E-state index is 12.5. The van der Waals surface area contributed by atoms with E-state index in [1.165, 1.54) is 16.8 Å². The molecule has 3 aromatic rings. The molecular formula is C29H35N3O4S. The number of Topliss-reactive ketones (excluding diaryl/α,β-unsaturated/α-hetero) is 1. The molecule has 0 heterocycles. The van der Waals surface area contributed by atoms with Crippen LogP contribution in [0, 0.1) is 5.92 Å². The van der Waals surface area contributed by atoms with Gasteiger partial charge in [-0.25, -0.2) is 0 Å². The lowest BCUT2D eigenvalue weighted by molar-refractivity contribution is -0.107. The van der Waals surface area contributed by atoms with E-state index in [-0.39, 0.29) is 11.7 Å². The van der Waals surface area contributed by atoms with Gasteiger partial charge in [0, 0.05) is 49.7 Å². The lowest BCUT2D eigenvalue weighted by Gasteiger charge is -2.24. The molecule has 0 atom stereocenters. The van der Waals surface area contributed by atoms with Crippen LogP contribution in [0.5, 0.6) is 17.2 Å². The fourth-order valence-corrected chi connectivity index (χ4v) is 4.27. The lowest BCUT2D eigenvalue weighted by Crippen LogP contribution is -2.19. The smallest absolute Gasteiger partial charge is 0.213 e. The second-order valence-electron chi connectivity index (χ2n) is 9.12. The Hall–Kier alpha value is -3.65. The van der Waals surface area contributed by atoms with Gasteiger partial charge in [0.05, 0.1) is 23.7 Å². The Bertz CT molecular complexity index is 1230. The average molecular weight is 522 g/mol. The summed E-state index contributed by atoms with van der Waals surface area (Å²) in [5.41, 5.74) is 2.90. The summed E-state index contributed by atoms with van der Waals surface area (Å²) in [4.78, 5) is 28.4. The van der Waals surface area contributed by atoms with E-state index in [2.05, 4.69) is 11.6 Å². The molecule has 0 unspecified atom stereocenters. The monoisotopic (exact) mass is 521 g/mol. The van der Waals surface area contributed by atoms with Crippen LogP contribution in [0.1, 0.15) is 37.6 Å². The number of rotatable bonds is 13. The van der Waals surface area contributed by atoms with Crippen LogP contribution in [-0.4, -0.2) is 39.9 Å². The van der Waals surface area contributed by atoms with E-state index < -0.39 is 0 Å². The topological polar surface area (TPSA) is 71.1 Å². The molecule has 0 aliphatic carbocycles. The van der Waals surface area contributed by atoms with E-state index in [0.29, 0.717) is 29.4 Å². The van der Waals surface area contributed by atoms with Crippen molar-refractivity contribution in [2.75, 3.05) is 42.3 Å². The first kappa shape index (κ1) is 27.9. The van der Waals surface area contributed by atoms with Crippen LogP contribution >= 0.6 is 11.9 Å². The summed E-state index contributed by atoms with van der Waals surface area (Å²) in [6.07, 6.45) is 1.69. The Kier molecular flexibility index (Phi) is 9.85. The molecule has 7 nitrogen and oxygen atoms in total. The number of amides is 1. The summed E-state index contributed by atoms with van der Waals surface area (Å²) in [5, 5.41) is 0. The normalized spacial score (nSPS) is 10.7. The zero-order chi connectivity index (χ0) is 26.9. The van der Waals surface area contributed by atoms with Crippen molar-refractivity contribution in [1.82, 2.24) is 0 Å². The molecular weight excluding hydrogens is 486 g/mol. The minimum atomic E-state index is -0.0784. The fraction of sp³-hybridized carbons (Fsp3) is 0.310. The summed E-state index contributed by atoms with van der Waals surface area (Å²) in [6.45, 7) is 6.47. The Labute approximate surface area is 223 Å². The number of benzene rings is 3. The van der Waals surface area contributed by atoms with E-state index in [1.807, 2.05) is 93.5 Å². The SMILES string of the molecule is CCCOc1cccc(Oc2cc(N(C)C)c(N(C)C=O)cc2NSc2cccc(C(=O)C(C)C)c2)c1. The van der Waals surface area contributed by atoms with Gasteiger partial charge in [0.1, 0.15) is 11.5 Å². The van der Waals surface area contributed by atoms with Crippen molar-refractivity contribution in [1.29, 1.82) is 0 Å². The first-order chi connectivity index (χ1) is 17.7. The van der Waals surface area contributed by atoms with Gasteiger partial charge in [-0.05, 0) is 48.7 Å². The molecule has 8 heteroatoms. The van der Waals surface area contributed by atoms with Gasteiger partial charge in [0.25, 0.3) is 0 Å². The highest BCUT2D eigenvalue weighted by Crippen LogP contribution is 2.42. The second kappa shape index (κ2) is 13.1. The number of carbonyl (C=O) groups excluding carboxylic acids is 2. The zero-order valence-electron chi connectivity index (χ0n) is 22.3. The van der Waals surface area contributed by atoms with Crippen LogP contribution in [0.3, 0.4) is 0 Å². The maximum atomic E-state index is 12.5. The Morgan fingerprint density at radius 2 is 1.73 bits per heavy atom. The van der Waals surface area contributed by atoms with Gasteiger partial charge in [-0.3, -0.25) is 9.59 Å². The Morgan fingerprint density at radius 3 is 2.41 bits per heavy atom. The van der Waals surface area contributed by atoms with Gasteiger partial charge in [-0.2, -0.15) is 0 Å². The molecule has 0 aromatic heterocycles. The molecule has 196 valence electrons. The van der Waals surface area contributed by atoms with Crippen LogP contribution in [-0.2, 0) is 4.79 Å². The summed E-state index contributed by atoms with van der Waals surface area (Å²) < 4.78 is 15.5. The number of anilines is 3. The maximum Gasteiger partial charge on any atom is 0.213 e. The summed E-state index contributed by atoms with van der Waals surface area (Å²) >= 11 is 1.37. The largest absolute Gasteiger partial charge is 0.493 e. The molecule has 3 rings (SSSR count). The molecule has 0 bridgehead atoms. The number of nitrogens with zero attached hydrogens (tertiary/aromatic N) is 2. The van der Waals surface area contributed by atoms with Crippen LogP contribution in [0.2, 0.25) is 0 Å². The Balaban J connectivity index is 1.97. The van der Waals surface area contributed by atoms with Crippen molar-refractivity contribution >= 4 is 41.2 Å². The highest BCUT2D eigenvalue weighted by atomic mass is 32.2. The average Bonchev–Trinajstić information content (AvgIpc) is 2.90. The molecule has 0 fully saturated rings. The minimum Gasteiger partial charge on any atom is -0.493 e. The molecule has 0 spiro atoms. The fourth-order valence-electron chi connectivity index (χ4n) is 3.55. The van der Waals surface area contributed by atoms with E-state index >= 15 is 0 Å². The first-order valence-electron chi connectivity index (χ1n) is 12.2. The molecule has 3 aromatic carbocycles. The summed E-state index contributed by atoms with van der Waals surface area (Å²) in [6, 6.07) is 18.8. The molecule has 1 N–H and O–H groups in total. The summed E-state index contributed by atoms with van der Waals surface area (Å²) in [5.74, 6) is 1.97. The predicted molar refractivity (Wildman–Crippen MR) is 153 cm³/mol. The minimum absolute atomic E-state index is 0.0784. The number of hydrogen-bond acceptors (Lipinski definition) is 7. The number of ketones is 1. The van der Waals surface area contributed by atoms with Crippen molar-refractivity contribution in [2.45, 2.75) is 32.1 Å². The molecule has 37 heavy (non-hydrogen) atoms. The summed E-state index contributed by atoms with van der Waals surface area (Å²) in [7, 11) is 5.54. The van der Waals surface area contributed by atoms with E-state index in [1.54, 1.807) is 7.05 Å². The van der Waals surface area contributed by atoms with Crippen molar-refractivity contribution in [2.24, 2.45) is 5.92 Å². The molecule has 0 aliphatic rings. The van der Waals surface area contributed by atoms with Gasteiger partial charge >= 0.3 is 0 Å². The van der Waals surface area contributed by atoms with E-state index in [4.69, 9.17) is 9.47 Å². The Morgan fingerprint density at radius 1 is 1.00 bits per heavy atom. The van der Waals surface area contributed by atoms with Gasteiger partial charge in [0.2, 0.25) is 6.41 Å². The lowest BCUT2D eigenvalue weighted by atomic mass is 10.0. The third-order valence-electron chi connectivity index (χ3n) is 5.52. The van der Waals surface area contributed by atoms with Crippen molar-refractivity contribution in [3.05, 3.63) is 66.2 Å². The number of nitrogens with one attached hydrogen (secondary N) is 1. The number of ether oxygens (including phenoxy) is 2.